The molecule has 4 aromatic carbocycles. The maximum absolute atomic E-state index is 6.54. The molecule has 6 heteroatoms. The van der Waals surface area contributed by atoms with Crippen molar-refractivity contribution in [1.82, 2.24) is 19.3 Å². The van der Waals surface area contributed by atoms with Crippen molar-refractivity contribution in [2.24, 2.45) is 0 Å². The van der Waals surface area contributed by atoms with E-state index in [4.69, 9.17) is 14.8 Å². The Morgan fingerprint density at radius 2 is 1.48 bits per heavy atom. The number of fused-ring (bicyclic) bond motifs is 3. The van der Waals surface area contributed by atoms with Crippen molar-refractivity contribution in [1.29, 1.82) is 0 Å². The maximum Gasteiger partial charge on any atom is 2.00 e. The summed E-state index contributed by atoms with van der Waals surface area (Å²) in [7, 11) is 0. The average molecular weight is 779 g/mol. The molecule has 7 rings (SSSR count). The summed E-state index contributed by atoms with van der Waals surface area (Å²) in [6.07, 6.45) is 13.2. The first-order valence-electron chi connectivity index (χ1n) is 18.9. The molecular formula is C46H48N4OPd. The molecule has 5 nitrogen and oxygen atoms in total. The second kappa shape index (κ2) is 17.3. The zero-order valence-electron chi connectivity index (χ0n) is 30.8. The molecule has 52 heavy (non-hydrogen) atoms. The summed E-state index contributed by atoms with van der Waals surface area (Å²) in [5.41, 5.74) is 10.4. The van der Waals surface area contributed by atoms with Gasteiger partial charge in [-0.1, -0.05) is 107 Å². The number of ether oxygens (including phenoxy) is 1. The van der Waals surface area contributed by atoms with Crippen LogP contribution >= 0.6 is 0 Å². The van der Waals surface area contributed by atoms with Crippen LogP contribution in [0.3, 0.4) is 0 Å². The summed E-state index contributed by atoms with van der Waals surface area (Å²) >= 11 is 0. The van der Waals surface area contributed by atoms with E-state index in [1.807, 2.05) is 30.5 Å². The standard InChI is InChI=1S/C46H48N4O.Pd/c1-5-8-9-10-11-21-43-46(35-24-22-34(15-6-2)23-25-35)41(16-7-3)48-50(43)36-17-14-18-37(31-36)51-38-26-27-40-39-19-12-13-20-42(39)49(44(40)32-38)45-30-33(4)28-29-47-45;/h12-14,17-20,22-30H,5-11,15-16,21H2,1-4H3;/q-2;+2. The number of unbranched alkanes of at least 4 members (excludes halogenated alkanes) is 4. The van der Waals surface area contributed by atoms with Gasteiger partial charge < -0.3 is 9.30 Å². The molecule has 0 fully saturated rings. The normalized spacial score (nSPS) is 11.3. The SMILES string of the molecule is CCCCCCCc1c(-c2ccc(CCC)cc2)c(CCC)nn1-c1[c-]c(Oc2[c-]c3c(cc2)c2ccccc2n3-c2cc(C)ccn2)ccc1.[Pd+2]. The summed E-state index contributed by atoms with van der Waals surface area (Å²) < 4.78 is 10.9. The van der Waals surface area contributed by atoms with Crippen LogP contribution in [0.4, 0.5) is 0 Å². The van der Waals surface area contributed by atoms with Gasteiger partial charge in [0.15, 0.2) is 0 Å². The molecule has 0 bridgehead atoms. The third-order valence-corrected chi connectivity index (χ3v) is 9.73. The van der Waals surface area contributed by atoms with Gasteiger partial charge in [0.1, 0.15) is 5.82 Å². The smallest absolute Gasteiger partial charge is 0.509 e. The van der Waals surface area contributed by atoms with Gasteiger partial charge in [0, 0.05) is 34.5 Å². The predicted molar refractivity (Wildman–Crippen MR) is 211 cm³/mol. The monoisotopic (exact) mass is 778 g/mol. The van der Waals surface area contributed by atoms with Crippen molar-refractivity contribution >= 4 is 21.8 Å². The summed E-state index contributed by atoms with van der Waals surface area (Å²) in [6, 6.07) is 39.1. The maximum atomic E-state index is 6.54. The number of aryl methyl sites for hydroxylation is 3. The molecule has 268 valence electrons. The van der Waals surface area contributed by atoms with Gasteiger partial charge in [-0.3, -0.25) is 4.68 Å². The Hall–Kier alpha value is -4.50. The fourth-order valence-corrected chi connectivity index (χ4v) is 7.25. The van der Waals surface area contributed by atoms with Crippen molar-refractivity contribution in [3.8, 4) is 34.1 Å². The molecule has 3 aromatic heterocycles. The van der Waals surface area contributed by atoms with Crippen molar-refractivity contribution in [3.05, 3.63) is 132 Å². The molecule has 0 radical (unpaired) electrons. The van der Waals surface area contributed by atoms with Crippen molar-refractivity contribution in [2.45, 2.75) is 91.9 Å². The van der Waals surface area contributed by atoms with E-state index in [1.165, 1.54) is 48.1 Å². The van der Waals surface area contributed by atoms with Crippen LogP contribution in [-0.2, 0) is 39.7 Å². The van der Waals surface area contributed by atoms with Gasteiger partial charge >= 0.3 is 20.4 Å². The molecule has 0 aliphatic heterocycles. The fraction of sp³-hybridized carbons (Fsp3) is 0.304. The van der Waals surface area contributed by atoms with Gasteiger partial charge in [0.25, 0.3) is 0 Å². The minimum Gasteiger partial charge on any atom is -0.509 e. The summed E-state index contributed by atoms with van der Waals surface area (Å²) in [6.45, 7) is 8.84. The number of rotatable bonds is 15. The van der Waals surface area contributed by atoms with Crippen LogP contribution in [0.5, 0.6) is 11.5 Å². The van der Waals surface area contributed by atoms with E-state index in [2.05, 4.69) is 116 Å². The Bertz CT molecular complexity index is 2250. The van der Waals surface area contributed by atoms with E-state index >= 15 is 0 Å². The van der Waals surface area contributed by atoms with E-state index < -0.39 is 0 Å². The Labute approximate surface area is 322 Å². The molecule has 0 aliphatic rings. The summed E-state index contributed by atoms with van der Waals surface area (Å²) in [5, 5.41) is 7.57. The molecule has 0 atom stereocenters. The van der Waals surface area contributed by atoms with Crippen LogP contribution in [0.1, 0.15) is 88.2 Å². The van der Waals surface area contributed by atoms with E-state index in [0.29, 0.717) is 11.5 Å². The van der Waals surface area contributed by atoms with Crippen molar-refractivity contribution < 1.29 is 25.2 Å². The summed E-state index contributed by atoms with van der Waals surface area (Å²) in [5.74, 6) is 2.12. The van der Waals surface area contributed by atoms with Crippen LogP contribution in [0, 0.1) is 19.1 Å². The number of pyridine rings is 1. The first kappa shape index (κ1) is 37.3. The van der Waals surface area contributed by atoms with Crippen molar-refractivity contribution in [3.63, 3.8) is 0 Å². The first-order chi connectivity index (χ1) is 25.1. The van der Waals surface area contributed by atoms with Gasteiger partial charge in [-0.15, -0.1) is 35.7 Å². The third-order valence-electron chi connectivity index (χ3n) is 9.73. The van der Waals surface area contributed by atoms with Crippen LogP contribution in [0.2, 0.25) is 0 Å². The van der Waals surface area contributed by atoms with Gasteiger partial charge in [-0.05, 0) is 78.6 Å². The minimum absolute atomic E-state index is 0. The second-order valence-electron chi connectivity index (χ2n) is 13.7. The van der Waals surface area contributed by atoms with Gasteiger partial charge in [0.2, 0.25) is 0 Å². The molecular weight excluding hydrogens is 731 g/mol. The number of nitrogens with zero attached hydrogens (tertiary/aromatic N) is 4. The Kier molecular flexibility index (Phi) is 12.4. The number of para-hydroxylation sites is 1. The number of aromatic nitrogens is 4. The molecule has 0 amide bonds. The zero-order valence-corrected chi connectivity index (χ0v) is 32.4. The largest absolute Gasteiger partial charge is 2.00 e. The molecule has 0 spiro atoms. The Balaban J connectivity index is 0.00000464. The minimum atomic E-state index is 0. The molecule has 0 unspecified atom stereocenters. The van der Waals surface area contributed by atoms with Crippen LogP contribution in [-0.4, -0.2) is 19.3 Å². The molecule has 0 saturated heterocycles. The Morgan fingerprint density at radius 1 is 0.692 bits per heavy atom. The van der Waals surface area contributed by atoms with Gasteiger partial charge in [-0.25, -0.2) is 4.98 Å². The number of benzene rings is 4. The molecule has 7 aromatic rings. The van der Waals surface area contributed by atoms with Crippen LogP contribution < -0.4 is 4.74 Å². The van der Waals surface area contributed by atoms with Crippen LogP contribution in [0.25, 0.3) is 44.4 Å². The number of hydrogen-bond acceptors (Lipinski definition) is 3. The fourth-order valence-electron chi connectivity index (χ4n) is 7.25. The predicted octanol–water partition coefficient (Wildman–Crippen LogP) is 12.1. The van der Waals surface area contributed by atoms with E-state index in [0.717, 1.165) is 83.1 Å². The van der Waals surface area contributed by atoms with E-state index in [-0.39, 0.29) is 20.4 Å². The second-order valence-corrected chi connectivity index (χ2v) is 13.7. The zero-order chi connectivity index (χ0) is 35.2. The molecule has 0 saturated carbocycles. The Morgan fingerprint density at radius 3 is 2.27 bits per heavy atom. The van der Waals surface area contributed by atoms with Crippen LogP contribution in [0.15, 0.2) is 97.2 Å². The number of hydrogen-bond donors (Lipinski definition) is 0. The quantitative estimate of drug-likeness (QED) is 0.0591. The third kappa shape index (κ3) is 7.94. The molecule has 0 aliphatic carbocycles. The van der Waals surface area contributed by atoms with E-state index in [1.54, 1.807) is 0 Å². The molecule has 3 heterocycles. The van der Waals surface area contributed by atoms with Gasteiger partial charge in [-0.2, -0.15) is 17.2 Å². The van der Waals surface area contributed by atoms with Gasteiger partial charge in [0.05, 0.1) is 5.69 Å². The topological polar surface area (TPSA) is 44.9 Å². The van der Waals surface area contributed by atoms with E-state index in [9.17, 15) is 0 Å². The first-order valence-corrected chi connectivity index (χ1v) is 18.9. The molecule has 0 N–H and O–H groups in total. The summed E-state index contributed by atoms with van der Waals surface area (Å²) in [4.78, 5) is 4.73. The van der Waals surface area contributed by atoms with Crippen molar-refractivity contribution in [2.75, 3.05) is 0 Å². The average Bonchev–Trinajstić information content (AvgIpc) is 3.67.